The molecule has 0 N–H and O–H groups in total. The molecule has 4 aromatic carbocycles. The minimum atomic E-state index is -0.881. The Morgan fingerprint density at radius 2 is 0.907 bits per heavy atom. The molecule has 6 saturated heterocycles. The summed E-state index contributed by atoms with van der Waals surface area (Å²) in [4.78, 5) is 59.3. The molecule has 8 aliphatic rings. The van der Waals surface area contributed by atoms with E-state index >= 15 is 0 Å². The number of hydrogen-bond donors (Lipinski definition) is 0. The first-order valence-electron chi connectivity index (χ1n) is 18.9. The van der Waals surface area contributed by atoms with Crippen LogP contribution in [0.3, 0.4) is 0 Å². The molecule has 0 amide bonds. The van der Waals surface area contributed by atoms with Gasteiger partial charge in [0.25, 0.3) is 0 Å². The Bertz CT molecular complexity index is 2120. The van der Waals surface area contributed by atoms with Crippen molar-refractivity contribution < 1.29 is 38.1 Å². The summed E-state index contributed by atoms with van der Waals surface area (Å²) in [5, 5.41) is 0. The summed E-state index contributed by atoms with van der Waals surface area (Å²) in [7, 11) is 0. The van der Waals surface area contributed by atoms with Crippen LogP contribution < -0.4 is 18.9 Å². The number of benzene rings is 4. The molecular formula is C44H38N2O8. The molecule has 6 fully saturated rings. The van der Waals surface area contributed by atoms with Crippen LogP contribution in [-0.4, -0.2) is 84.8 Å². The Labute approximate surface area is 312 Å². The SMILES string of the molecule is O=C(/C=C/C(=O)Oc1c(O[C@@H]2CN3CCC2CC3)ccc2c1C(=O)c1ccccc1-2)Oc1c(O[C@@H]2CN3CCC2CC3)ccc2c1C(=O)c1ccccc1-2. The average Bonchev–Trinajstić information content (AvgIpc) is 3.67. The molecule has 0 unspecified atom stereocenters. The maximum Gasteiger partial charge on any atom is 0.336 e. The first-order chi connectivity index (χ1) is 26.4. The summed E-state index contributed by atoms with van der Waals surface area (Å²) in [6, 6.07) is 21.8. The third-order valence-corrected chi connectivity index (χ3v) is 12.1. The van der Waals surface area contributed by atoms with Crippen LogP contribution in [0.2, 0.25) is 0 Å². The highest BCUT2D eigenvalue weighted by Gasteiger charge is 2.40. The number of piperidine rings is 6. The van der Waals surface area contributed by atoms with Gasteiger partial charge in [-0.3, -0.25) is 19.4 Å². The van der Waals surface area contributed by atoms with E-state index in [1.807, 2.05) is 36.4 Å². The fourth-order valence-corrected chi connectivity index (χ4v) is 9.34. The third kappa shape index (κ3) is 5.54. The maximum absolute atomic E-state index is 13.8. The average molecular weight is 723 g/mol. The van der Waals surface area contributed by atoms with Gasteiger partial charge in [0.05, 0.1) is 11.1 Å². The number of hydrogen-bond acceptors (Lipinski definition) is 10. The molecule has 4 bridgehead atoms. The number of esters is 2. The molecule has 272 valence electrons. The predicted octanol–water partition coefficient (Wildman–Crippen LogP) is 6.12. The minimum absolute atomic E-state index is 0.0330. The second-order valence-electron chi connectivity index (χ2n) is 15.1. The van der Waals surface area contributed by atoms with Gasteiger partial charge in [0.2, 0.25) is 0 Å². The van der Waals surface area contributed by atoms with Crippen molar-refractivity contribution in [3.05, 3.63) is 107 Å². The van der Waals surface area contributed by atoms with Gasteiger partial charge in [-0.15, -0.1) is 0 Å². The van der Waals surface area contributed by atoms with Crippen LogP contribution in [0.25, 0.3) is 22.3 Å². The molecule has 2 atom stereocenters. The fraction of sp³-hybridized carbons (Fsp3) is 0.318. The number of fused-ring (bicyclic) bond motifs is 12. The summed E-state index contributed by atoms with van der Waals surface area (Å²) in [5.41, 5.74) is 4.38. The molecule has 12 rings (SSSR count). The van der Waals surface area contributed by atoms with E-state index in [4.69, 9.17) is 18.9 Å². The fourth-order valence-electron chi connectivity index (χ4n) is 9.34. The topological polar surface area (TPSA) is 112 Å². The van der Waals surface area contributed by atoms with Gasteiger partial charge < -0.3 is 18.9 Å². The predicted molar refractivity (Wildman–Crippen MR) is 198 cm³/mol. The van der Waals surface area contributed by atoms with E-state index < -0.39 is 11.9 Å². The monoisotopic (exact) mass is 722 g/mol. The summed E-state index contributed by atoms with van der Waals surface area (Å²) in [6.45, 7) is 5.65. The van der Waals surface area contributed by atoms with Crippen molar-refractivity contribution in [3.63, 3.8) is 0 Å². The highest BCUT2D eigenvalue weighted by atomic mass is 16.6. The van der Waals surface area contributed by atoms with E-state index in [1.54, 1.807) is 36.4 Å². The summed E-state index contributed by atoms with van der Waals surface area (Å²) >= 11 is 0. The molecule has 0 saturated carbocycles. The van der Waals surface area contributed by atoms with Crippen molar-refractivity contribution in [3.8, 4) is 45.3 Å². The number of nitrogens with zero attached hydrogens (tertiary/aromatic N) is 2. The molecule has 54 heavy (non-hydrogen) atoms. The van der Waals surface area contributed by atoms with Crippen molar-refractivity contribution in [1.29, 1.82) is 0 Å². The van der Waals surface area contributed by atoms with Crippen LogP contribution in [0.4, 0.5) is 0 Å². The van der Waals surface area contributed by atoms with Crippen LogP contribution >= 0.6 is 0 Å². The van der Waals surface area contributed by atoms with Gasteiger partial charge >= 0.3 is 11.9 Å². The van der Waals surface area contributed by atoms with E-state index in [0.717, 1.165) is 88.2 Å². The summed E-state index contributed by atoms with van der Waals surface area (Å²) in [6.07, 6.45) is 5.82. The third-order valence-electron chi connectivity index (χ3n) is 12.1. The van der Waals surface area contributed by atoms with Crippen molar-refractivity contribution in [1.82, 2.24) is 9.80 Å². The van der Waals surface area contributed by atoms with Crippen LogP contribution in [0, 0.1) is 11.8 Å². The normalized spacial score (nSPS) is 25.6. The van der Waals surface area contributed by atoms with Crippen molar-refractivity contribution >= 4 is 23.5 Å². The van der Waals surface area contributed by atoms with Gasteiger partial charge in [-0.2, -0.15) is 0 Å². The lowest BCUT2D eigenvalue weighted by Crippen LogP contribution is -2.52. The van der Waals surface area contributed by atoms with Gasteiger partial charge in [0.15, 0.2) is 34.6 Å². The second kappa shape index (κ2) is 13.1. The lowest BCUT2D eigenvalue weighted by atomic mass is 9.86. The molecule has 0 radical (unpaired) electrons. The van der Waals surface area contributed by atoms with Crippen molar-refractivity contribution in [2.24, 2.45) is 11.8 Å². The van der Waals surface area contributed by atoms with Crippen LogP contribution in [0.15, 0.2) is 84.9 Å². The number of carbonyl (C=O) groups excluding carboxylic acids is 4. The van der Waals surface area contributed by atoms with Gasteiger partial charge in [-0.05, 0) is 110 Å². The molecule has 10 nitrogen and oxygen atoms in total. The van der Waals surface area contributed by atoms with E-state index in [0.29, 0.717) is 45.6 Å². The van der Waals surface area contributed by atoms with Crippen molar-refractivity contribution in [2.75, 3.05) is 39.3 Å². The first-order valence-corrected chi connectivity index (χ1v) is 18.9. The van der Waals surface area contributed by atoms with E-state index in [9.17, 15) is 19.2 Å². The zero-order valence-corrected chi connectivity index (χ0v) is 29.6. The minimum Gasteiger partial charge on any atom is -0.485 e. The molecule has 10 heteroatoms. The quantitative estimate of drug-likeness (QED) is 0.104. The van der Waals surface area contributed by atoms with E-state index in [1.165, 1.54) is 0 Å². The van der Waals surface area contributed by atoms with Crippen LogP contribution in [0.1, 0.15) is 57.5 Å². The molecule has 4 aromatic rings. The standard InChI is InChI=1S/C44H38N2O8/c47-37(53-43-33(51-35-23-45-19-15-25(35)16-20-45)11-9-29-27-5-1-3-7-31(27)41(49)39(29)43)13-14-38(48)54-44-34(52-36-24-46-21-17-26(36)18-22-46)12-10-30-28-6-2-4-8-32(28)42(50)40(30)44/h1-14,25-26,35-36H,15-24H2/b14-13+/t35-,36-/m1/s1. The number of carbonyl (C=O) groups is 4. The summed E-state index contributed by atoms with van der Waals surface area (Å²) in [5.74, 6) is -0.856. The zero-order chi connectivity index (χ0) is 36.5. The first kappa shape index (κ1) is 33.0. The van der Waals surface area contributed by atoms with Gasteiger partial charge in [-0.25, -0.2) is 9.59 Å². The highest BCUT2D eigenvalue weighted by Crippen LogP contribution is 2.48. The Hall–Kier alpha value is -5.58. The van der Waals surface area contributed by atoms with Gasteiger partial charge in [0.1, 0.15) is 12.2 Å². The Kier molecular flexibility index (Phi) is 7.99. The molecule has 2 aliphatic carbocycles. The molecule has 6 heterocycles. The highest BCUT2D eigenvalue weighted by molar-refractivity contribution is 6.24. The van der Waals surface area contributed by atoms with Gasteiger partial charge in [0, 0.05) is 36.4 Å². The van der Waals surface area contributed by atoms with E-state index in [2.05, 4.69) is 9.80 Å². The summed E-state index contributed by atoms with van der Waals surface area (Å²) < 4.78 is 24.9. The molecular weight excluding hydrogens is 684 g/mol. The molecule has 0 aromatic heterocycles. The van der Waals surface area contributed by atoms with Crippen LogP contribution in [-0.2, 0) is 9.59 Å². The number of ether oxygens (including phenoxy) is 4. The number of rotatable bonds is 8. The lowest BCUT2D eigenvalue weighted by Gasteiger charge is -2.44. The number of ketones is 2. The molecule has 0 spiro atoms. The zero-order valence-electron chi connectivity index (χ0n) is 29.6. The Morgan fingerprint density at radius 3 is 1.28 bits per heavy atom. The largest absolute Gasteiger partial charge is 0.485 e. The smallest absolute Gasteiger partial charge is 0.336 e. The maximum atomic E-state index is 13.8. The lowest BCUT2D eigenvalue weighted by molar-refractivity contribution is -0.131. The van der Waals surface area contributed by atoms with E-state index in [-0.39, 0.29) is 46.4 Å². The second-order valence-corrected chi connectivity index (χ2v) is 15.1. The van der Waals surface area contributed by atoms with Crippen LogP contribution in [0.5, 0.6) is 23.0 Å². The molecule has 6 aliphatic heterocycles. The Balaban J connectivity index is 0.935. The van der Waals surface area contributed by atoms with Gasteiger partial charge in [-0.1, -0.05) is 48.5 Å². The Morgan fingerprint density at radius 1 is 0.519 bits per heavy atom. The van der Waals surface area contributed by atoms with Crippen molar-refractivity contribution in [2.45, 2.75) is 37.9 Å².